The zero-order chi connectivity index (χ0) is 41.7. The van der Waals surface area contributed by atoms with Gasteiger partial charge in [-0.25, -0.2) is 4.98 Å². The van der Waals surface area contributed by atoms with Crippen LogP contribution in [0.5, 0.6) is 0 Å². The van der Waals surface area contributed by atoms with Crippen molar-refractivity contribution >= 4 is 177 Å². The zero-order valence-electron chi connectivity index (χ0n) is 32.0. The monoisotopic (exact) mass is 739 g/mol. The Morgan fingerprint density at radius 1 is 0.300 bits per heavy atom. The van der Waals surface area contributed by atoms with Crippen molar-refractivity contribution in [3.63, 3.8) is 0 Å². The maximum Gasteiger partial charge on any atom is 0.238 e. The van der Waals surface area contributed by atoms with E-state index >= 15 is 0 Å². The molecule has 0 aliphatic carbocycles. The molecule has 0 atom stereocenters. The molecule has 60 heavy (non-hydrogen) atoms. The molecule has 20 radical (unpaired) electrons. The first-order chi connectivity index (χ1) is 29.0. The predicted molar refractivity (Wildman–Crippen MR) is 259 cm³/mol. The Labute approximate surface area is 359 Å². The summed E-state index contributed by atoms with van der Waals surface area (Å²) in [7, 11) is 69.0. The molecule has 0 fully saturated rings. The van der Waals surface area contributed by atoms with Gasteiger partial charge in [0.15, 0.2) is 11.6 Å². The maximum atomic E-state index is 7.57. The van der Waals surface area contributed by atoms with E-state index < -0.39 is 0 Å². The molecule has 0 bridgehead atoms. The minimum Gasteiger partial charge on any atom is -0.310 e. The molecule has 15 heteroatoms. The SMILES string of the molecule is [B]c1c([B])c([B])c2c(c1[B])c1c([B])c3c4c([B])c([B])c([B])c([B])c4n(-c4nc(-c5ccccc5)nc(-c5ccccc5)n4)c3c([B])c1n2-c1cccc(-c2ccccc2)c1. The first-order valence-corrected chi connectivity index (χ1v) is 18.9. The minimum absolute atomic E-state index is 0.0688. The topological polar surface area (TPSA) is 48.5 Å². The number of benzene rings is 7. The summed E-state index contributed by atoms with van der Waals surface area (Å²) in [5.74, 6) is 0.926. The van der Waals surface area contributed by atoms with Crippen LogP contribution in [0.3, 0.4) is 0 Å². The summed E-state index contributed by atoms with van der Waals surface area (Å²) < 4.78 is 3.62. The van der Waals surface area contributed by atoms with Gasteiger partial charge in [0.25, 0.3) is 0 Å². The summed E-state index contributed by atoms with van der Waals surface area (Å²) in [6, 6.07) is 37.0. The van der Waals surface area contributed by atoms with Crippen LogP contribution in [-0.4, -0.2) is 103 Å². The molecular formula is C45H19B10N5. The highest BCUT2D eigenvalue weighted by Gasteiger charge is 2.29. The predicted octanol–water partition coefficient (Wildman–Crippen LogP) is -0.995. The lowest BCUT2D eigenvalue weighted by molar-refractivity contribution is 0.956. The summed E-state index contributed by atoms with van der Waals surface area (Å²) >= 11 is 0. The summed E-state index contributed by atoms with van der Waals surface area (Å²) in [6.07, 6.45) is 0. The molecule has 7 aromatic carbocycles. The largest absolute Gasteiger partial charge is 0.310 e. The van der Waals surface area contributed by atoms with Gasteiger partial charge in [0, 0.05) is 44.1 Å². The van der Waals surface area contributed by atoms with E-state index in [0.717, 1.165) is 22.3 Å². The number of aromatic nitrogens is 5. The molecule has 0 unspecified atom stereocenters. The third kappa shape index (κ3) is 5.51. The summed E-state index contributed by atoms with van der Waals surface area (Å²) in [5.41, 5.74) is 7.10. The van der Waals surface area contributed by atoms with Gasteiger partial charge >= 0.3 is 0 Å². The molecule has 5 nitrogen and oxygen atoms in total. The van der Waals surface area contributed by atoms with E-state index in [4.69, 9.17) is 93.4 Å². The molecule has 254 valence electrons. The number of hydrogen-bond acceptors (Lipinski definition) is 3. The van der Waals surface area contributed by atoms with Crippen molar-refractivity contribution in [3.8, 4) is 45.5 Å². The molecule has 10 rings (SSSR count). The minimum atomic E-state index is 0.0688. The number of nitrogens with zero attached hydrogens (tertiary/aromatic N) is 5. The van der Waals surface area contributed by atoms with Crippen LogP contribution in [0, 0.1) is 0 Å². The first kappa shape index (κ1) is 38.0. The lowest BCUT2D eigenvalue weighted by Crippen LogP contribution is -2.48. The fraction of sp³-hybridized carbons (Fsp3) is 0. The van der Waals surface area contributed by atoms with E-state index in [1.54, 1.807) is 4.57 Å². The second-order valence-electron chi connectivity index (χ2n) is 14.6. The molecular weight excluding hydrogens is 719 g/mol. The Balaban J connectivity index is 1.45. The van der Waals surface area contributed by atoms with Gasteiger partial charge in [-0.1, -0.05) is 130 Å². The number of hydrogen-bond donors (Lipinski definition) is 0. The quantitative estimate of drug-likeness (QED) is 0.214. The average molecular weight is 738 g/mol. The van der Waals surface area contributed by atoms with E-state index in [1.807, 2.05) is 120 Å². The van der Waals surface area contributed by atoms with Crippen LogP contribution in [0.4, 0.5) is 0 Å². The highest BCUT2D eigenvalue weighted by molar-refractivity contribution is 6.71. The molecule has 0 spiro atoms. The molecule has 0 N–H and O–H groups in total. The summed E-state index contributed by atoms with van der Waals surface area (Å²) in [6.45, 7) is 0. The van der Waals surface area contributed by atoms with E-state index in [2.05, 4.69) is 0 Å². The molecule has 0 saturated carbocycles. The van der Waals surface area contributed by atoms with E-state index in [9.17, 15) is 0 Å². The van der Waals surface area contributed by atoms with E-state index in [0.29, 0.717) is 60.9 Å². The third-order valence-electron chi connectivity index (χ3n) is 11.3. The van der Waals surface area contributed by atoms with Gasteiger partial charge in [0.05, 0.1) is 5.52 Å². The van der Waals surface area contributed by atoms with E-state index in [-0.39, 0.29) is 60.6 Å². The maximum absolute atomic E-state index is 7.57. The Bertz CT molecular complexity index is 3370. The number of fused-ring (bicyclic) bond motifs is 6. The lowest BCUT2D eigenvalue weighted by atomic mass is 9.64. The molecule has 0 aliphatic heterocycles. The molecule has 0 aliphatic rings. The van der Waals surface area contributed by atoms with Gasteiger partial charge in [0.1, 0.15) is 78.5 Å². The Hall–Kier alpha value is -6.20. The number of rotatable bonds is 5. The highest BCUT2D eigenvalue weighted by Crippen LogP contribution is 2.35. The van der Waals surface area contributed by atoms with Gasteiger partial charge in [-0.3, -0.25) is 4.57 Å². The lowest BCUT2D eigenvalue weighted by Gasteiger charge is -2.18. The molecule has 3 heterocycles. The first-order valence-electron chi connectivity index (χ1n) is 18.9. The summed E-state index contributed by atoms with van der Waals surface area (Å²) in [4.78, 5) is 15.0. The second-order valence-corrected chi connectivity index (χ2v) is 14.6. The standard InChI is InChI=1S/C45H19B10N5/c46-29-25-27-30(47)32(49)34(51)36(53)39(27)59(24-18-10-17-23(19-24)20-11-4-1-5-12-20)41(25)38(55)42-26(29)28-31(48)33(50)35(52)37(54)40(28)60(42)45-57-43(21-13-6-2-7-14-21)56-44(58-45)22-15-8-3-9-16-22/h1-19H. The van der Waals surface area contributed by atoms with Crippen molar-refractivity contribution in [1.29, 1.82) is 0 Å². The molecule has 0 amide bonds. The fourth-order valence-electron chi connectivity index (χ4n) is 8.37. The van der Waals surface area contributed by atoms with Crippen LogP contribution in [-0.2, 0) is 0 Å². The summed E-state index contributed by atoms with van der Waals surface area (Å²) in [5, 5.41) is 1.68. The van der Waals surface area contributed by atoms with Gasteiger partial charge in [-0.2, -0.15) is 9.97 Å². The van der Waals surface area contributed by atoms with Crippen molar-refractivity contribution < 1.29 is 0 Å². The van der Waals surface area contributed by atoms with Gasteiger partial charge in [-0.15, -0.1) is 21.9 Å². The van der Waals surface area contributed by atoms with Crippen LogP contribution in [0.2, 0.25) is 0 Å². The van der Waals surface area contributed by atoms with Crippen LogP contribution < -0.4 is 54.6 Å². The van der Waals surface area contributed by atoms with Crippen molar-refractivity contribution in [3.05, 3.63) is 115 Å². The van der Waals surface area contributed by atoms with Crippen LogP contribution >= 0.6 is 0 Å². The highest BCUT2D eigenvalue weighted by atomic mass is 15.2. The molecule has 10 aromatic rings. The Kier molecular flexibility index (Phi) is 9.02. The Morgan fingerprint density at radius 3 is 1.18 bits per heavy atom. The fourth-order valence-corrected chi connectivity index (χ4v) is 8.37. The third-order valence-corrected chi connectivity index (χ3v) is 11.3. The van der Waals surface area contributed by atoms with Crippen molar-refractivity contribution in [2.75, 3.05) is 0 Å². The van der Waals surface area contributed by atoms with Gasteiger partial charge in [0.2, 0.25) is 5.95 Å². The van der Waals surface area contributed by atoms with Crippen molar-refractivity contribution in [1.82, 2.24) is 24.1 Å². The van der Waals surface area contributed by atoms with Crippen LogP contribution in [0.15, 0.2) is 115 Å². The zero-order valence-corrected chi connectivity index (χ0v) is 32.0. The van der Waals surface area contributed by atoms with Crippen LogP contribution in [0.25, 0.3) is 89.2 Å². The average Bonchev–Trinajstić information content (AvgIpc) is 3.85. The molecule has 3 aromatic heterocycles. The van der Waals surface area contributed by atoms with Crippen LogP contribution in [0.1, 0.15) is 0 Å². The Morgan fingerprint density at radius 2 is 0.683 bits per heavy atom. The smallest absolute Gasteiger partial charge is 0.238 e. The molecule has 0 saturated heterocycles. The van der Waals surface area contributed by atoms with Crippen molar-refractivity contribution in [2.45, 2.75) is 0 Å². The van der Waals surface area contributed by atoms with E-state index in [1.165, 1.54) is 0 Å². The van der Waals surface area contributed by atoms with Gasteiger partial charge < -0.3 is 4.57 Å². The second kappa shape index (κ2) is 14.2. The van der Waals surface area contributed by atoms with Gasteiger partial charge in [-0.05, 0) is 39.5 Å². The van der Waals surface area contributed by atoms with Crippen molar-refractivity contribution in [2.24, 2.45) is 0 Å². The normalized spacial score (nSPS) is 11.7.